The molecule has 0 radical (unpaired) electrons. The number of amides is 1. The quantitative estimate of drug-likeness (QED) is 0.645. The van der Waals surface area contributed by atoms with Gasteiger partial charge >= 0.3 is 0 Å². The fraction of sp³-hybridized carbons (Fsp3) is 0.500. The lowest BCUT2D eigenvalue weighted by atomic mass is 10.1. The Kier molecular flexibility index (Phi) is 4.87. The number of benzene rings is 1. The fourth-order valence-electron chi connectivity index (χ4n) is 1.81. The first-order valence-electron chi connectivity index (χ1n) is 6.59. The summed E-state index contributed by atoms with van der Waals surface area (Å²) in [4.78, 5) is 11.3. The summed E-state index contributed by atoms with van der Waals surface area (Å²) in [5.74, 6) is 0.0392. The zero-order valence-corrected chi connectivity index (χ0v) is 10.7. The highest BCUT2D eigenvalue weighted by Crippen LogP contribution is 2.28. The summed E-state index contributed by atoms with van der Waals surface area (Å²) in [5, 5.41) is 15.7. The van der Waals surface area contributed by atoms with Crippen LogP contribution in [0, 0.1) is 11.7 Å². The molecule has 19 heavy (non-hydrogen) atoms. The molecule has 1 fully saturated rings. The van der Waals surface area contributed by atoms with E-state index in [1.807, 2.05) is 0 Å². The van der Waals surface area contributed by atoms with E-state index < -0.39 is 6.10 Å². The SMILES string of the molecule is O=C(NCCNCC(O)c1ccc(F)cc1)C1CC1. The van der Waals surface area contributed by atoms with Crippen LogP contribution < -0.4 is 10.6 Å². The smallest absolute Gasteiger partial charge is 0.223 e. The van der Waals surface area contributed by atoms with Gasteiger partial charge < -0.3 is 15.7 Å². The molecule has 1 atom stereocenters. The van der Waals surface area contributed by atoms with Gasteiger partial charge in [0.05, 0.1) is 6.10 Å². The second kappa shape index (κ2) is 6.63. The average molecular weight is 266 g/mol. The summed E-state index contributed by atoms with van der Waals surface area (Å²) >= 11 is 0. The monoisotopic (exact) mass is 266 g/mol. The number of aliphatic hydroxyl groups is 1. The zero-order chi connectivity index (χ0) is 13.7. The second-order valence-electron chi connectivity index (χ2n) is 4.84. The van der Waals surface area contributed by atoms with Gasteiger partial charge in [0.1, 0.15) is 5.82 Å². The topological polar surface area (TPSA) is 61.4 Å². The largest absolute Gasteiger partial charge is 0.387 e. The van der Waals surface area contributed by atoms with Crippen molar-refractivity contribution in [1.82, 2.24) is 10.6 Å². The number of nitrogens with one attached hydrogen (secondary N) is 2. The molecule has 5 heteroatoms. The Hall–Kier alpha value is -1.46. The van der Waals surface area contributed by atoms with Gasteiger partial charge in [-0.15, -0.1) is 0 Å². The Morgan fingerprint density at radius 1 is 1.32 bits per heavy atom. The molecule has 0 aromatic heterocycles. The maximum absolute atomic E-state index is 12.7. The van der Waals surface area contributed by atoms with Crippen molar-refractivity contribution in [2.24, 2.45) is 5.92 Å². The van der Waals surface area contributed by atoms with Crippen LogP contribution in [0.5, 0.6) is 0 Å². The summed E-state index contributed by atoms with van der Waals surface area (Å²) in [6.07, 6.45) is 1.34. The van der Waals surface area contributed by atoms with Crippen LogP contribution in [0.15, 0.2) is 24.3 Å². The maximum atomic E-state index is 12.7. The highest BCUT2D eigenvalue weighted by atomic mass is 19.1. The van der Waals surface area contributed by atoms with Crippen molar-refractivity contribution in [3.05, 3.63) is 35.6 Å². The summed E-state index contributed by atoms with van der Waals surface area (Å²) in [6, 6.07) is 5.79. The predicted octanol–water partition coefficient (Wildman–Crippen LogP) is 0.975. The van der Waals surface area contributed by atoms with E-state index >= 15 is 0 Å². The van der Waals surface area contributed by atoms with Crippen molar-refractivity contribution < 1.29 is 14.3 Å². The molecule has 1 aliphatic rings. The lowest BCUT2D eigenvalue weighted by Crippen LogP contribution is -2.34. The molecule has 3 N–H and O–H groups in total. The Labute approximate surface area is 112 Å². The number of rotatable bonds is 7. The van der Waals surface area contributed by atoms with E-state index in [0.717, 1.165) is 12.8 Å². The molecule has 2 rings (SSSR count). The van der Waals surface area contributed by atoms with Crippen LogP contribution in [-0.4, -0.2) is 30.6 Å². The summed E-state index contributed by atoms with van der Waals surface area (Å²) in [7, 11) is 0. The Morgan fingerprint density at radius 3 is 2.63 bits per heavy atom. The highest BCUT2D eigenvalue weighted by Gasteiger charge is 2.28. The van der Waals surface area contributed by atoms with E-state index in [1.165, 1.54) is 12.1 Å². The van der Waals surface area contributed by atoms with Crippen molar-refractivity contribution in [3.63, 3.8) is 0 Å². The Morgan fingerprint density at radius 2 is 2.00 bits per heavy atom. The number of aliphatic hydroxyl groups excluding tert-OH is 1. The van der Waals surface area contributed by atoms with Crippen LogP contribution >= 0.6 is 0 Å². The molecule has 1 aliphatic carbocycles. The van der Waals surface area contributed by atoms with E-state index in [-0.39, 0.29) is 17.6 Å². The number of halogens is 1. The lowest BCUT2D eigenvalue weighted by molar-refractivity contribution is -0.122. The number of hydrogen-bond acceptors (Lipinski definition) is 3. The normalized spacial score (nSPS) is 16.1. The predicted molar refractivity (Wildman–Crippen MR) is 70.0 cm³/mol. The van der Waals surface area contributed by atoms with Crippen LogP contribution in [0.2, 0.25) is 0 Å². The van der Waals surface area contributed by atoms with Crippen molar-refractivity contribution in [1.29, 1.82) is 0 Å². The minimum absolute atomic E-state index is 0.126. The van der Waals surface area contributed by atoms with Gasteiger partial charge in [0.25, 0.3) is 0 Å². The first kappa shape index (κ1) is 14.0. The molecule has 1 aromatic rings. The Bertz CT molecular complexity index is 418. The maximum Gasteiger partial charge on any atom is 0.223 e. The van der Waals surface area contributed by atoms with Crippen molar-refractivity contribution in [2.75, 3.05) is 19.6 Å². The molecule has 0 bridgehead atoms. The van der Waals surface area contributed by atoms with Crippen molar-refractivity contribution in [3.8, 4) is 0 Å². The number of hydrogen-bond donors (Lipinski definition) is 3. The minimum atomic E-state index is -0.667. The summed E-state index contributed by atoms with van der Waals surface area (Å²) in [6.45, 7) is 1.55. The molecule has 0 heterocycles. The Balaban J connectivity index is 1.59. The molecule has 1 unspecified atom stereocenters. The van der Waals surface area contributed by atoms with E-state index in [4.69, 9.17) is 0 Å². The number of carbonyl (C=O) groups excluding carboxylic acids is 1. The summed E-state index contributed by atoms with van der Waals surface area (Å²) < 4.78 is 12.7. The van der Waals surface area contributed by atoms with Crippen molar-refractivity contribution >= 4 is 5.91 Å². The van der Waals surface area contributed by atoms with Gasteiger partial charge in [-0.3, -0.25) is 4.79 Å². The number of carbonyl (C=O) groups is 1. The van der Waals surface area contributed by atoms with Crippen LogP contribution in [0.3, 0.4) is 0 Å². The average Bonchev–Trinajstić information content (AvgIpc) is 3.23. The molecule has 1 aromatic carbocycles. The van der Waals surface area contributed by atoms with E-state index in [2.05, 4.69) is 10.6 Å². The van der Waals surface area contributed by atoms with Gasteiger partial charge in [-0.1, -0.05) is 12.1 Å². The first-order valence-corrected chi connectivity index (χ1v) is 6.59. The first-order chi connectivity index (χ1) is 9.16. The van der Waals surface area contributed by atoms with Crippen LogP contribution in [-0.2, 0) is 4.79 Å². The third-order valence-electron chi connectivity index (χ3n) is 3.14. The summed E-state index contributed by atoms with van der Waals surface area (Å²) in [5.41, 5.74) is 0.677. The van der Waals surface area contributed by atoms with E-state index in [0.29, 0.717) is 25.2 Å². The molecular weight excluding hydrogens is 247 g/mol. The molecule has 0 spiro atoms. The van der Waals surface area contributed by atoms with Gasteiger partial charge in [-0.2, -0.15) is 0 Å². The fourth-order valence-corrected chi connectivity index (χ4v) is 1.81. The molecule has 0 saturated heterocycles. The van der Waals surface area contributed by atoms with Gasteiger partial charge in [0, 0.05) is 25.6 Å². The minimum Gasteiger partial charge on any atom is -0.387 e. The second-order valence-corrected chi connectivity index (χ2v) is 4.84. The van der Waals surface area contributed by atoms with Crippen LogP contribution in [0.25, 0.3) is 0 Å². The molecular formula is C14H19FN2O2. The lowest BCUT2D eigenvalue weighted by Gasteiger charge is -2.12. The third kappa shape index (κ3) is 4.61. The molecule has 104 valence electrons. The molecule has 0 aliphatic heterocycles. The standard InChI is InChI=1S/C14H19FN2O2/c15-12-5-3-10(4-6-12)13(18)9-16-7-8-17-14(19)11-1-2-11/h3-6,11,13,16,18H,1-2,7-9H2,(H,17,19). The zero-order valence-electron chi connectivity index (χ0n) is 10.7. The van der Waals surface area contributed by atoms with Gasteiger partial charge in [-0.25, -0.2) is 4.39 Å². The van der Waals surface area contributed by atoms with Crippen molar-refractivity contribution in [2.45, 2.75) is 18.9 Å². The molecule has 4 nitrogen and oxygen atoms in total. The van der Waals surface area contributed by atoms with E-state index in [9.17, 15) is 14.3 Å². The van der Waals surface area contributed by atoms with Gasteiger partial charge in [0.2, 0.25) is 5.91 Å². The molecule has 1 amide bonds. The molecule has 1 saturated carbocycles. The van der Waals surface area contributed by atoms with Crippen LogP contribution in [0.1, 0.15) is 24.5 Å². The van der Waals surface area contributed by atoms with E-state index in [1.54, 1.807) is 12.1 Å². The van der Waals surface area contributed by atoms with Crippen LogP contribution in [0.4, 0.5) is 4.39 Å². The van der Waals surface area contributed by atoms with Gasteiger partial charge in [0.15, 0.2) is 0 Å². The highest BCUT2D eigenvalue weighted by molar-refractivity contribution is 5.80. The third-order valence-corrected chi connectivity index (χ3v) is 3.14. The van der Waals surface area contributed by atoms with Gasteiger partial charge in [-0.05, 0) is 30.5 Å².